The molecule has 0 aliphatic carbocycles. The number of aromatic carboxylic acids is 1. The van der Waals surface area contributed by atoms with E-state index in [0.29, 0.717) is 15.5 Å². The third kappa shape index (κ3) is 4.97. The van der Waals surface area contributed by atoms with Crippen LogP contribution in [0.2, 0.25) is 0 Å². The average molecular weight is 406 g/mol. The van der Waals surface area contributed by atoms with Crippen LogP contribution in [0.25, 0.3) is 0 Å². The molecule has 0 saturated heterocycles. The van der Waals surface area contributed by atoms with E-state index in [-0.39, 0.29) is 11.3 Å². The highest BCUT2D eigenvalue weighted by Gasteiger charge is 2.16. The first-order chi connectivity index (χ1) is 9.31. The second-order valence-electron chi connectivity index (χ2n) is 4.23. The normalized spacial score (nSPS) is 9.80. The number of hydrogen-bond donors (Lipinski definition) is 3. The van der Waals surface area contributed by atoms with Gasteiger partial charge >= 0.3 is 12.0 Å². The summed E-state index contributed by atoms with van der Waals surface area (Å²) in [6, 6.07) is 2.63. The molecule has 0 aromatic heterocycles. The number of allylic oxidation sites excluding steroid dienone is 1. The highest BCUT2D eigenvalue weighted by molar-refractivity contribution is 9.11. The van der Waals surface area contributed by atoms with Crippen molar-refractivity contribution in [3.63, 3.8) is 0 Å². The summed E-state index contributed by atoms with van der Waals surface area (Å²) in [4.78, 5) is 22.9. The van der Waals surface area contributed by atoms with Crippen LogP contribution in [-0.4, -0.2) is 23.7 Å². The van der Waals surface area contributed by atoms with Crippen LogP contribution in [0.3, 0.4) is 0 Å². The first-order valence-corrected chi connectivity index (χ1v) is 7.30. The Kier molecular flexibility index (Phi) is 6.22. The molecular weight excluding hydrogens is 392 g/mol. The molecule has 0 unspecified atom stereocenters. The third-order valence-corrected chi connectivity index (χ3v) is 3.38. The fraction of sp³-hybridized carbons (Fsp3) is 0.231. The summed E-state index contributed by atoms with van der Waals surface area (Å²) in [7, 11) is 0. The van der Waals surface area contributed by atoms with E-state index in [9.17, 15) is 9.59 Å². The zero-order valence-corrected chi connectivity index (χ0v) is 14.1. The molecule has 3 N–H and O–H groups in total. The van der Waals surface area contributed by atoms with E-state index in [2.05, 4.69) is 42.5 Å². The van der Waals surface area contributed by atoms with Crippen LogP contribution in [0.4, 0.5) is 10.5 Å². The second-order valence-corrected chi connectivity index (χ2v) is 6.00. The van der Waals surface area contributed by atoms with Crippen LogP contribution >= 0.6 is 31.9 Å². The Balaban J connectivity index is 2.89. The first-order valence-electron chi connectivity index (χ1n) is 5.71. The van der Waals surface area contributed by atoms with Gasteiger partial charge < -0.3 is 15.7 Å². The number of hydrogen-bond acceptors (Lipinski definition) is 2. The molecule has 0 fully saturated rings. The van der Waals surface area contributed by atoms with Crippen molar-refractivity contribution in [2.45, 2.75) is 13.8 Å². The lowest BCUT2D eigenvalue weighted by molar-refractivity contribution is 0.0698. The zero-order valence-electron chi connectivity index (χ0n) is 11.0. The number of rotatable bonds is 4. The standard InChI is InChI=1S/C13H14Br2N2O3/c1-7(2)3-4-16-13(20)17-11-9(12(18)19)5-8(14)6-10(11)15/h3,5-6H,4H2,1-2H3,(H,18,19)(H2,16,17,20). The fourth-order valence-corrected chi connectivity index (χ4v) is 2.70. The maximum absolute atomic E-state index is 11.7. The molecule has 0 atom stereocenters. The quantitative estimate of drug-likeness (QED) is 0.662. The van der Waals surface area contributed by atoms with Gasteiger partial charge in [-0.05, 0) is 41.9 Å². The number of carboxylic acid groups (broad SMARTS) is 1. The highest BCUT2D eigenvalue weighted by atomic mass is 79.9. The van der Waals surface area contributed by atoms with Crippen LogP contribution in [0, 0.1) is 0 Å². The fourth-order valence-electron chi connectivity index (χ4n) is 1.37. The van der Waals surface area contributed by atoms with Crippen molar-refractivity contribution >= 4 is 49.5 Å². The van der Waals surface area contributed by atoms with E-state index in [1.54, 1.807) is 6.07 Å². The molecule has 1 aromatic rings. The Morgan fingerprint density at radius 3 is 2.50 bits per heavy atom. The average Bonchev–Trinajstić information content (AvgIpc) is 2.31. The maximum atomic E-state index is 11.7. The summed E-state index contributed by atoms with van der Waals surface area (Å²) in [6.45, 7) is 4.23. The molecule has 20 heavy (non-hydrogen) atoms. The van der Waals surface area contributed by atoms with Gasteiger partial charge in [0.1, 0.15) is 0 Å². The summed E-state index contributed by atoms with van der Waals surface area (Å²) < 4.78 is 1.10. The molecular formula is C13H14Br2N2O3. The number of carbonyl (C=O) groups excluding carboxylic acids is 1. The van der Waals surface area contributed by atoms with E-state index >= 15 is 0 Å². The Labute approximate surface area is 133 Å². The van der Waals surface area contributed by atoms with Gasteiger partial charge in [0.15, 0.2) is 0 Å². The molecule has 1 aromatic carbocycles. The molecule has 1 rings (SSSR count). The van der Waals surface area contributed by atoms with Crippen molar-refractivity contribution in [2.24, 2.45) is 0 Å². The Morgan fingerprint density at radius 2 is 1.95 bits per heavy atom. The summed E-state index contributed by atoms with van der Waals surface area (Å²) >= 11 is 6.45. The van der Waals surface area contributed by atoms with Gasteiger partial charge in [0.2, 0.25) is 0 Å². The minimum absolute atomic E-state index is 0.00335. The molecule has 0 heterocycles. The number of benzene rings is 1. The topological polar surface area (TPSA) is 78.4 Å². The summed E-state index contributed by atoms with van der Waals surface area (Å²) in [5, 5.41) is 14.3. The SMILES string of the molecule is CC(C)=CCNC(=O)Nc1c(Br)cc(Br)cc1C(=O)O. The lowest BCUT2D eigenvalue weighted by atomic mass is 10.2. The number of nitrogens with one attached hydrogen (secondary N) is 2. The molecule has 0 aliphatic rings. The van der Waals surface area contributed by atoms with Gasteiger partial charge in [-0.1, -0.05) is 27.6 Å². The second kappa shape index (κ2) is 7.44. The predicted octanol–water partition coefficient (Wildman–Crippen LogP) is 4.00. The molecule has 2 amide bonds. The Hall–Kier alpha value is -1.34. The third-order valence-electron chi connectivity index (χ3n) is 2.30. The first kappa shape index (κ1) is 16.7. The van der Waals surface area contributed by atoms with E-state index in [0.717, 1.165) is 5.57 Å². The minimum atomic E-state index is -1.12. The number of anilines is 1. The van der Waals surface area contributed by atoms with Crippen molar-refractivity contribution in [2.75, 3.05) is 11.9 Å². The van der Waals surface area contributed by atoms with Gasteiger partial charge in [0.25, 0.3) is 0 Å². The van der Waals surface area contributed by atoms with Crippen LogP contribution < -0.4 is 10.6 Å². The van der Waals surface area contributed by atoms with Crippen LogP contribution in [-0.2, 0) is 0 Å². The van der Waals surface area contributed by atoms with Crippen molar-refractivity contribution in [3.05, 3.63) is 38.3 Å². The van der Waals surface area contributed by atoms with Gasteiger partial charge in [-0.2, -0.15) is 0 Å². The number of urea groups is 1. The van der Waals surface area contributed by atoms with Crippen molar-refractivity contribution in [1.82, 2.24) is 5.32 Å². The van der Waals surface area contributed by atoms with Crippen molar-refractivity contribution < 1.29 is 14.7 Å². The van der Waals surface area contributed by atoms with Crippen LogP contribution in [0.5, 0.6) is 0 Å². The van der Waals surface area contributed by atoms with Gasteiger partial charge in [0.05, 0.1) is 11.3 Å². The summed E-state index contributed by atoms with van der Waals surface area (Å²) in [6.07, 6.45) is 1.86. The molecule has 0 bridgehead atoms. The number of carboxylic acids is 1. The molecule has 5 nitrogen and oxygen atoms in total. The van der Waals surface area contributed by atoms with Crippen molar-refractivity contribution in [1.29, 1.82) is 0 Å². The Bertz CT molecular complexity index is 567. The van der Waals surface area contributed by atoms with Gasteiger partial charge in [-0.3, -0.25) is 0 Å². The van der Waals surface area contributed by atoms with Crippen LogP contribution in [0.1, 0.15) is 24.2 Å². The molecule has 0 radical (unpaired) electrons. The van der Waals surface area contributed by atoms with E-state index < -0.39 is 12.0 Å². The summed E-state index contributed by atoms with van der Waals surface area (Å²) in [5.74, 6) is -1.12. The predicted molar refractivity (Wildman–Crippen MR) is 85.3 cm³/mol. The van der Waals surface area contributed by atoms with Gasteiger partial charge in [-0.15, -0.1) is 0 Å². The van der Waals surface area contributed by atoms with E-state index in [1.165, 1.54) is 6.07 Å². The summed E-state index contributed by atoms with van der Waals surface area (Å²) in [5.41, 5.74) is 1.31. The largest absolute Gasteiger partial charge is 0.478 e. The van der Waals surface area contributed by atoms with Gasteiger partial charge in [0, 0.05) is 15.5 Å². The highest BCUT2D eigenvalue weighted by Crippen LogP contribution is 2.30. The minimum Gasteiger partial charge on any atom is -0.478 e. The zero-order chi connectivity index (χ0) is 15.3. The number of carbonyl (C=O) groups is 2. The molecule has 0 aliphatic heterocycles. The smallest absolute Gasteiger partial charge is 0.337 e. The lowest BCUT2D eigenvalue weighted by Gasteiger charge is -2.11. The van der Waals surface area contributed by atoms with E-state index in [4.69, 9.17) is 5.11 Å². The Morgan fingerprint density at radius 1 is 1.30 bits per heavy atom. The maximum Gasteiger partial charge on any atom is 0.337 e. The van der Waals surface area contributed by atoms with Crippen LogP contribution in [0.15, 0.2) is 32.7 Å². The molecule has 0 saturated carbocycles. The lowest BCUT2D eigenvalue weighted by Crippen LogP contribution is -2.29. The molecule has 7 heteroatoms. The van der Waals surface area contributed by atoms with Crippen molar-refractivity contribution in [3.8, 4) is 0 Å². The molecule has 0 spiro atoms. The number of amides is 2. The monoisotopic (exact) mass is 404 g/mol. The van der Waals surface area contributed by atoms with Gasteiger partial charge in [-0.25, -0.2) is 9.59 Å². The molecule has 108 valence electrons. The number of halogens is 2. The van der Waals surface area contributed by atoms with E-state index in [1.807, 2.05) is 19.9 Å².